The number of hydrogen-bond donors (Lipinski definition) is 2. The summed E-state index contributed by atoms with van der Waals surface area (Å²) in [6.07, 6.45) is 4.89. The molecule has 0 bridgehead atoms. The normalized spacial score (nSPS) is 22.2. The van der Waals surface area contributed by atoms with E-state index in [4.69, 9.17) is 0 Å². The van der Waals surface area contributed by atoms with E-state index in [0.717, 1.165) is 31.2 Å². The van der Waals surface area contributed by atoms with Crippen molar-refractivity contribution in [3.05, 3.63) is 29.3 Å². The number of carbonyl (C=O) groups excluding carboxylic acids is 4. The van der Waals surface area contributed by atoms with Crippen LogP contribution in [0, 0.1) is 0 Å². The van der Waals surface area contributed by atoms with Gasteiger partial charge in [-0.3, -0.25) is 19.7 Å². The van der Waals surface area contributed by atoms with Gasteiger partial charge in [0.05, 0.1) is 0 Å². The number of nitrogens with one attached hydrogen (secondary N) is 2. The van der Waals surface area contributed by atoms with Crippen molar-refractivity contribution in [1.82, 2.24) is 15.1 Å². The van der Waals surface area contributed by atoms with Crippen molar-refractivity contribution >= 4 is 29.4 Å². The molecule has 2 aliphatic heterocycles. The lowest BCUT2D eigenvalue weighted by molar-refractivity contribution is -0.136. The van der Waals surface area contributed by atoms with E-state index in [-0.39, 0.29) is 30.3 Å². The van der Waals surface area contributed by atoms with Crippen LogP contribution in [-0.2, 0) is 16.1 Å². The maximum Gasteiger partial charge on any atom is 0.321 e. The standard InChI is InChI=1S/C20H24N4O4/c1-23(14-4-2-3-5-14)20(28)21-13-7-6-12-11-24(19(27)15(12)10-13)16-8-9-17(25)22-18(16)26/h6-7,10,14,16H,2-5,8-9,11H2,1H3,(H,21,28)(H,22,25,26). The summed E-state index contributed by atoms with van der Waals surface area (Å²) in [4.78, 5) is 52.0. The van der Waals surface area contributed by atoms with Gasteiger partial charge in [0.1, 0.15) is 6.04 Å². The highest BCUT2D eigenvalue weighted by molar-refractivity contribution is 6.06. The number of carbonyl (C=O) groups is 4. The number of benzene rings is 1. The Morgan fingerprint density at radius 1 is 1.18 bits per heavy atom. The number of urea groups is 1. The van der Waals surface area contributed by atoms with Crippen LogP contribution in [0.3, 0.4) is 0 Å². The minimum Gasteiger partial charge on any atom is -0.325 e. The molecular weight excluding hydrogens is 360 g/mol. The topological polar surface area (TPSA) is 98.8 Å². The number of imide groups is 1. The van der Waals surface area contributed by atoms with E-state index in [9.17, 15) is 19.2 Å². The summed E-state index contributed by atoms with van der Waals surface area (Å²) >= 11 is 0. The summed E-state index contributed by atoms with van der Waals surface area (Å²) < 4.78 is 0. The Morgan fingerprint density at radius 3 is 2.64 bits per heavy atom. The summed E-state index contributed by atoms with van der Waals surface area (Å²) in [6, 6.07) is 4.71. The maximum absolute atomic E-state index is 12.8. The molecule has 4 rings (SSSR count). The molecular formula is C20H24N4O4. The van der Waals surface area contributed by atoms with E-state index in [1.54, 1.807) is 24.1 Å². The van der Waals surface area contributed by atoms with E-state index in [1.807, 2.05) is 6.07 Å². The Balaban J connectivity index is 1.46. The van der Waals surface area contributed by atoms with Crippen LogP contribution >= 0.6 is 0 Å². The average molecular weight is 384 g/mol. The molecule has 2 heterocycles. The van der Waals surface area contributed by atoms with Crippen LogP contribution in [0.25, 0.3) is 0 Å². The molecule has 1 aliphatic carbocycles. The van der Waals surface area contributed by atoms with Crippen LogP contribution in [0.5, 0.6) is 0 Å². The third kappa shape index (κ3) is 3.34. The molecule has 2 N–H and O–H groups in total. The fourth-order valence-electron chi connectivity index (χ4n) is 4.30. The van der Waals surface area contributed by atoms with E-state index in [2.05, 4.69) is 10.6 Å². The van der Waals surface area contributed by atoms with Gasteiger partial charge < -0.3 is 15.1 Å². The van der Waals surface area contributed by atoms with Crippen LogP contribution in [0.1, 0.15) is 54.4 Å². The van der Waals surface area contributed by atoms with Crippen molar-refractivity contribution in [1.29, 1.82) is 0 Å². The van der Waals surface area contributed by atoms with Crippen molar-refractivity contribution in [2.75, 3.05) is 12.4 Å². The summed E-state index contributed by atoms with van der Waals surface area (Å²) in [6.45, 7) is 0.330. The van der Waals surface area contributed by atoms with Crippen molar-refractivity contribution < 1.29 is 19.2 Å². The Bertz CT molecular complexity index is 847. The van der Waals surface area contributed by atoms with Gasteiger partial charge in [-0.2, -0.15) is 0 Å². The van der Waals surface area contributed by atoms with Crippen molar-refractivity contribution in [2.45, 2.75) is 57.2 Å². The predicted molar refractivity (Wildman–Crippen MR) is 102 cm³/mol. The summed E-state index contributed by atoms with van der Waals surface area (Å²) in [5.41, 5.74) is 1.87. The van der Waals surface area contributed by atoms with Crippen LogP contribution in [0.2, 0.25) is 0 Å². The van der Waals surface area contributed by atoms with Crippen molar-refractivity contribution in [2.24, 2.45) is 0 Å². The molecule has 28 heavy (non-hydrogen) atoms. The second-order valence-electron chi connectivity index (χ2n) is 7.75. The van der Waals surface area contributed by atoms with Gasteiger partial charge in [-0.1, -0.05) is 18.9 Å². The number of piperidine rings is 1. The SMILES string of the molecule is CN(C(=O)Nc1ccc2c(c1)C(=O)N(C1CCC(=O)NC1=O)C2)C1CCCC1. The van der Waals surface area contributed by atoms with Gasteiger partial charge in [-0.25, -0.2) is 4.79 Å². The first-order chi connectivity index (χ1) is 13.4. The van der Waals surface area contributed by atoms with Crippen molar-refractivity contribution in [3.8, 4) is 0 Å². The lowest BCUT2D eigenvalue weighted by atomic mass is 10.0. The Labute approximate surface area is 163 Å². The molecule has 1 unspecified atom stereocenters. The van der Waals surface area contributed by atoms with Gasteiger partial charge in [0.15, 0.2) is 0 Å². The zero-order valence-corrected chi connectivity index (χ0v) is 15.9. The Morgan fingerprint density at radius 2 is 1.93 bits per heavy atom. The minimum atomic E-state index is -0.635. The minimum absolute atomic E-state index is 0.181. The second-order valence-corrected chi connectivity index (χ2v) is 7.75. The van der Waals surface area contributed by atoms with Crippen molar-refractivity contribution in [3.63, 3.8) is 0 Å². The molecule has 5 amide bonds. The molecule has 3 aliphatic rings. The largest absolute Gasteiger partial charge is 0.325 e. The second kappa shape index (κ2) is 7.26. The molecule has 1 saturated carbocycles. The zero-order chi connectivity index (χ0) is 19.8. The van der Waals surface area contributed by atoms with Gasteiger partial charge in [0, 0.05) is 37.3 Å². The van der Waals surface area contributed by atoms with Crippen LogP contribution < -0.4 is 10.6 Å². The number of anilines is 1. The third-order valence-corrected chi connectivity index (χ3v) is 5.97. The van der Waals surface area contributed by atoms with Gasteiger partial charge in [0.2, 0.25) is 11.8 Å². The molecule has 8 heteroatoms. The van der Waals surface area contributed by atoms with Gasteiger partial charge in [0.25, 0.3) is 5.91 Å². The van der Waals surface area contributed by atoms with Gasteiger partial charge in [-0.05, 0) is 37.0 Å². The molecule has 1 atom stereocenters. The monoisotopic (exact) mass is 384 g/mol. The first kappa shape index (κ1) is 18.5. The highest BCUT2D eigenvalue weighted by Gasteiger charge is 2.39. The smallest absolute Gasteiger partial charge is 0.321 e. The number of nitrogens with zero attached hydrogens (tertiary/aromatic N) is 2. The van der Waals surface area contributed by atoms with Crippen LogP contribution in [-0.4, -0.2) is 52.7 Å². The molecule has 0 spiro atoms. The molecule has 0 radical (unpaired) electrons. The number of hydrogen-bond acceptors (Lipinski definition) is 4. The summed E-state index contributed by atoms with van der Waals surface area (Å²) in [5.74, 6) is -0.976. The third-order valence-electron chi connectivity index (χ3n) is 5.97. The molecule has 0 aromatic heterocycles. The molecule has 8 nitrogen and oxygen atoms in total. The average Bonchev–Trinajstić information content (AvgIpc) is 3.30. The Hall–Kier alpha value is -2.90. The van der Waals surface area contributed by atoms with E-state index in [0.29, 0.717) is 24.2 Å². The van der Waals surface area contributed by atoms with Crippen LogP contribution in [0.4, 0.5) is 10.5 Å². The van der Waals surface area contributed by atoms with E-state index < -0.39 is 11.9 Å². The highest BCUT2D eigenvalue weighted by Crippen LogP contribution is 2.30. The first-order valence-electron chi connectivity index (χ1n) is 9.75. The fourth-order valence-corrected chi connectivity index (χ4v) is 4.30. The quantitative estimate of drug-likeness (QED) is 0.777. The summed E-state index contributed by atoms with van der Waals surface area (Å²) in [5, 5.41) is 5.17. The molecule has 148 valence electrons. The fraction of sp³-hybridized carbons (Fsp3) is 0.500. The zero-order valence-electron chi connectivity index (χ0n) is 15.9. The number of amides is 5. The van der Waals surface area contributed by atoms with E-state index >= 15 is 0 Å². The number of rotatable bonds is 3. The molecule has 2 fully saturated rings. The summed E-state index contributed by atoms with van der Waals surface area (Å²) in [7, 11) is 1.80. The predicted octanol–water partition coefficient (Wildman–Crippen LogP) is 1.85. The highest BCUT2D eigenvalue weighted by atomic mass is 16.2. The van der Waals surface area contributed by atoms with Gasteiger partial charge in [-0.15, -0.1) is 0 Å². The molecule has 1 saturated heterocycles. The van der Waals surface area contributed by atoms with Crippen LogP contribution in [0.15, 0.2) is 18.2 Å². The van der Waals surface area contributed by atoms with E-state index in [1.165, 1.54) is 4.90 Å². The lowest BCUT2D eigenvalue weighted by Crippen LogP contribution is -2.52. The number of fused-ring (bicyclic) bond motifs is 1. The molecule has 1 aromatic carbocycles. The first-order valence-corrected chi connectivity index (χ1v) is 9.75. The maximum atomic E-state index is 12.8. The molecule has 1 aromatic rings. The lowest BCUT2D eigenvalue weighted by Gasteiger charge is -2.29. The van der Waals surface area contributed by atoms with Gasteiger partial charge >= 0.3 is 6.03 Å². The Kier molecular flexibility index (Phi) is 4.78.